The number of nitrogens with one attached hydrogen (secondary N) is 2. The molecule has 0 spiro atoms. The summed E-state index contributed by atoms with van der Waals surface area (Å²) in [4.78, 5) is 3.94. The van der Waals surface area contributed by atoms with Gasteiger partial charge in [0.25, 0.3) is 0 Å². The highest BCUT2D eigenvalue weighted by molar-refractivity contribution is 5.56. The molecule has 0 radical (unpaired) electrons. The van der Waals surface area contributed by atoms with Gasteiger partial charge in [-0.05, 0) is 58.0 Å². The first-order valence-electron chi connectivity index (χ1n) is 6.07. The standard InChI is InChI=1S/C12H27N3/c1-12(7-11-14-3)6-4-9-15-10-5-8-13-2/h8,12,14-15H,4-7,9-11H2,1-3H3. The number of rotatable bonds is 10. The predicted molar refractivity (Wildman–Crippen MR) is 68.8 cm³/mol. The Bertz CT molecular complexity index is 146. The third-order valence-electron chi connectivity index (χ3n) is 2.57. The van der Waals surface area contributed by atoms with E-state index in [1.54, 1.807) is 0 Å². The summed E-state index contributed by atoms with van der Waals surface area (Å²) < 4.78 is 0. The van der Waals surface area contributed by atoms with Crippen molar-refractivity contribution in [2.45, 2.75) is 32.6 Å². The van der Waals surface area contributed by atoms with Crippen molar-refractivity contribution in [2.75, 3.05) is 33.7 Å². The van der Waals surface area contributed by atoms with Crippen LogP contribution in [0, 0.1) is 5.92 Å². The molecule has 0 fully saturated rings. The van der Waals surface area contributed by atoms with E-state index < -0.39 is 0 Å². The van der Waals surface area contributed by atoms with Crippen LogP contribution in [0.3, 0.4) is 0 Å². The van der Waals surface area contributed by atoms with Crippen LogP contribution in [0.2, 0.25) is 0 Å². The van der Waals surface area contributed by atoms with Crippen LogP contribution < -0.4 is 10.6 Å². The van der Waals surface area contributed by atoms with Gasteiger partial charge in [-0.15, -0.1) is 0 Å². The lowest BCUT2D eigenvalue weighted by Crippen LogP contribution is -2.18. The molecule has 0 aromatic heterocycles. The Morgan fingerprint density at radius 1 is 1.20 bits per heavy atom. The van der Waals surface area contributed by atoms with Gasteiger partial charge in [0.15, 0.2) is 0 Å². The van der Waals surface area contributed by atoms with E-state index >= 15 is 0 Å². The maximum absolute atomic E-state index is 3.94. The SMILES string of the molecule is CN=CCCNCCCC(C)CCNC. The molecule has 0 aromatic rings. The molecule has 0 aliphatic carbocycles. The van der Waals surface area contributed by atoms with Crippen LogP contribution in [-0.2, 0) is 0 Å². The third kappa shape index (κ3) is 11.5. The molecule has 0 aliphatic rings. The Balaban J connectivity index is 3.09. The van der Waals surface area contributed by atoms with E-state index in [2.05, 4.69) is 22.5 Å². The molecule has 90 valence electrons. The van der Waals surface area contributed by atoms with Gasteiger partial charge >= 0.3 is 0 Å². The molecule has 0 amide bonds. The molecule has 15 heavy (non-hydrogen) atoms. The van der Waals surface area contributed by atoms with Crippen LogP contribution in [0.5, 0.6) is 0 Å². The van der Waals surface area contributed by atoms with Crippen molar-refractivity contribution in [1.29, 1.82) is 0 Å². The summed E-state index contributed by atoms with van der Waals surface area (Å²) in [5, 5.41) is 6.62. The normalized spacial score (nSPS) is 13.5. The molecule has 0 bridgehead atoms. The summed E-state index contributed by atoms with van der Waals surface area (Å²) in [7, 11) is 3.84. The van der Waals surface area contributed by atoms with Crippen LogP contribution >= 0.6 is 0 Å². The van der Waals surface area contributed by atoms with Crippen LogP contribution in [0.15, 0.2) is 4.99 Å². The first kappa shape index (κ1) is 14.6. The fourth-order valence-electron chi connectivity index (χ4n) is 1.53. The lowest BCUT2D eigenvalue weighted by atomic mass is 10.0. The van der Waals surface area contributed by atoms with Gasteiger partial charge < -0.3 is 15.6 Å². The van der Waals surface area contributed by atoms with E-state index in [1.165, 1.54) is 19.3 Å². The highest BCUT2D eigenvalue weighted by atomic mass is 14.8. The molecule has 0 rings (SSSR count). The second kappa shape index (κ2) is 11.7. The highest BCUT2D eigenvalue weighted by Crippen LogP contribution is 2.08. The van der Waals surface area contributed by atoms with E-state index in [9.17, 15) is 0 Å². The smallest absolute Gasteiger partial charge is 0.0273 e. The van der Waals surface area contributed by atoms with Gasteiger partial charge in [0, 0.05) is 13.6 Å². The minimum atomic E-state index is 0.844. The highest BCUT2D eigenvalue weighted by Gasteiger charge is 2.00. The molecular weight excluding hydrogens is 186 g/mol. The summed E-state index contributed by atoms with van der Waals surface area (Å²) in [6, 6.07) is 0. The van der Waals surface area contributed by atoms with E-state index in [4.69, 9.17) is 0 Å². The van der Waals surface area contributed by atoms with Gasteiger partial charge in [0.1, 0.15) is 0 Å². The Kier molecular flexibility index (Phi) is 11.3. The Hall–Kier alpha value is -0.410. The topological polar surface area (TPSA) is 36.4 Å². The van der Waals surface area contributed by atoms with Crippen molar-refractivity contribution < 1.29 is 0 Å². The number of aliphatic imine (C=N–C) groups is 1. The second-order valence-corrected chi connectivity index (χ2v) is 4.12. The first-order valence-corrected chi connectivity index (χ1v) is 6.07. The van der Waals surface area contributed by atoms with Crippen molar-refractivity contribution in [3.8, 4) is 0 Å². The monoisotopic (exact) mass is 213 g/mol. The van der Waals surface area contributed by atoms with E-state index in [0.717, 1.165) is 32.0 Å². The fraction of sp³-hybridized carbons (Fsp3) is 0.917. The average Bonchev–Trinajstić information content (AvgIpc) is 2.25. The van der Waals surface area contributed by atoms with Gasteiger partial charge in [-0.25, -0.2) is 0 Å². The number of hydrogen-bond acceptors (Lipinski definition) is 3. The van der Waals surface area contributed by atoms with Gasteiger partial charge in [-0.2, -0.15) is 0 Å². The van der Waals surface area contributed by atoms with Crippen molar-refractivity contribution in [1.82, 2.24) is 10.6 Å². The van der Waals surface area contributed by atoms with Crippen molar-refractivity contribution in [3.63, 3.8) is 0 Å². The lowest BCUT2D eigenvalue weighted by molar-refractivity contribution is 0.457. The van der Waals surface area contributed by atoms with E-state index in [0.29, 0.717) is 0 Å². The molecule has 2 N–H and O–H groups in total. The molecule has 1 unspecified atom stereocenters. The van der Waals surface area contributed by atoms with Crippen LogP contribution in [0.4, 0.5) is 0 Å². The third-order valence-corrected chi connectivity index (χ3v) is 2.57. The zero-order valence-electron chi connectivity index (χ0n) is 10.6. The number of nitrogens with zero attached hydrogens (tertiary/aromatic N) is 1. The van der Waals surface area contributed by atoms with Gasteiger partial charge in [0.2, 0.25) is 0 Å². The Labute approximate surface area is 94.7 Å². The quantitative estimate of drug-likeness (QED) is 0.428. The zero-order valence-corrected chi connectivity index (χ0v) is 10.6. The largest absolute Gasteiger partial charge is 0.320 e. The average molecular weight is 213 g/mol. The Morgan fingerprint density at radius 2 is 2.00 bits per heavy atom. The van der Waals surface area contributed by atoms with Crippen LogP contribution in [0.25, 0.3) is 0 Å². The molecule has 0 saturated heterocycles. The van der Waals surface area contributed by atoms with Crippen molar-refractivity contribution in [3.05, 3.63) is 0 Å². The summed E-state index contributed by atoms with van der Waals surface area (Å²) in [6.45, 7) is 5.67. The van der Waals surface area contributed by atoms with E-state index in [1.807, 2.05) is 20.3 Å². The first-order chi connectivity index (χ1) is 7.31. The maximum atomic E-state index is 3.94. The minimum absolute atomic E-state index is 0.844. The summed E-state index contributed by atoms with van der Waals surface area (Å²) in [5.41, 5.74) is 0. The zero-order chi connectivity index (χ0) is 11.4. The van der Waals surface area contributed by atoms with Crippen molar-refractivity contribution in [2.24, 2.45) is 10.9 Å². The fourth-order valence-corrected chi connectivity index (χ4v) is 1.53. The van der Waals surface area contributed by atoms with Gasteiger partial charge in [-0.3, -0.25) is 0 Å². The predicted octanol–water partition coefficient (Wildman–Crippen LogP) is 1.69. The second-order valence-electron chi connectivity index (χ2n) is 4.12. The lowest BCUT2D eigenvalue weighted by Gasteiger charge is -2.10. The molecule has 3 nitrogen and oxygen atoms in total. The van der Waals surface area contributed by atoms with Crippen LogP contribution in [-0.4, -0.2) is 39.9 Å². The maximum Gasteiger partial charge on any atom is 0.0273 e. The summed E-state index contributed by atoms with van der Waals surface area (Å²) >= 11 is 0. The molecule has 0 heterocycles. The van der Waals surface area contributed by atoms with E-state index in [-0.39, 0.29) is 0 Å². The molecular formula is C12H27N3. The molecule has 0 aliphatic heterocycles. The Morgan fingerprint density at radius 3 is 2.67 bits per heavy atom. The molecule has 0 saturated carbocycles. The summed E-state index contributed by atoms with van der Waals surface area (Å²) in [6.07, 6.45) is 6.91. The summed E-state index contributed by atoms with van der Waals surface area (Å²) in [5.74, 6) is 0.844. The minimum Gasteiger partial charge on any atom is -0.320 e. The number of hydrogen-bond donors (Lipinski definition) is 2. The molecule has 1 atom stereocenters. The van der Waals surface area contributed by atoms with Crippen LogP contribution in [0.1, 0.15) is 32.6 Å². The van der Waals surface area contributed by atoms with Gasteiger partial charge in [-0.1, -0.05) is 6.92 Å². The van der Waals surface area contributed by atoms with Crippen molar-refractivity contribution >= 4 is 6.21 Å². The molecule has 3 heteroatoms. The molecule has 0 aromatic carbocycles. The van der Waals surface area contributed by atoms with Gasteiger partial charge in [0.05, 0.1) is 0 Å².